The van der Waals surface area contributed by atoms with E-state index in [0.29, 0.717) is 34.4 Å². The number of ether oxygens (including phenoxy) is 3. The Hall–Kier alpha value is -3.81. The summed E-state index contributed by atoms with van der Waals surface area (Å²) >= 11 is 0. The van der Waals surface area contributed by atoms with E-state index >= 15 is 0 Å². The van der Waals surface area contributed by atoms with Crippen molar-refractivity contribution in [1.29, 1.82) is 0 Å². The number of methoxy groups -OCH3 is 1. The first kappa shape index (κ1) is 16.6. The average molecular weight is 364 g/mol. The van der Waals surface area contributed by atoms with Crippen molar-refractivity contribution in [3.8, 4) is 17.2 Å². The highest BCUT2D eigenvalue weighted by Gasteiger charge is 2.14. The smallest absolute Gasteiger partial charge is 0.260 e. The lowest BCUT2D eigenvalue weighted by atomic mass is 10.2. The van der Waals surface area contributed by atoms with Crippen molar-refractivity contribution in [2.24, 2.45) is 0 Å². The molecule has 0 saturated carbocycles. The van der Waals surface area contributed by atoms with Gasteiger partial charge < -0.3 is 24.8 Å². The minimum absolute atomic E-state index is 0.221. The summed E-state index contributed by atoms with van der Waals surface area (Å²) in [7, 11) is 1.52. The van der Waals surface area contributed by atoms with Crippen LogP contribution in [0, 0.1) is 0 Å². The second-order valence-electron chi connectivity index (χ2n) is 5.65. The monoisotopic (exact) mass is 364 g/mol. The number of nitrogens with one attached hydrogen (secondary N) is 2. The van der Waals surface area contributed by atoms with E-state index < -0.39 is 0 Å². The molecule has 2 N–H and O–H groups in total. The maximum absolute atomic E-state index is 12.4. The van der Waals surface area contributed by atoms with Crippen molar-refractivity contribution in [2.45, 2.75) is 0 Å². The fourth-order valence-electron chi connectivity index (χ4n) is 2.60. The summed E-state index contributed by atoms with van der Waals surface area (Å²) in [5, 5.41) is 13.9. The van der Waals surface area contributed by atoms with Gasteiger partial charge in [-0.2, -0.15) is 0 Å². The van der Waals surface area contributed by atoms with Crippen molar-refractivity contribution in [1.82, 2.24) is 10.2 Å². The number of anilines is 3. The zero-order valence-electron chi connectivity index (χ0n) is 14.4. The minimum Gasteiger partial charge on any atom is -0.496 e. The lowest BCUT2D eigenvalue weighted by Gasteiger charge is -2.09. The molecule has 0 radical (unpaired) electrons. The van der Waals surface area contributed by atoms with Gasteiger partial charge >= 0.3 is 0 Å². The molecule has 8 heteroatoms. The minimum atomic E-state index is -0.321. The maximum Gasteiger partial charge on any atom is 0.260 e. The normalized spacial score (nSPS) is 11.7. The van der Waals surface area contributed by atoms with Crippen LogP contribution in [0.4, 0.5) is 17.3 Å². The molecule has 0 aliphatic carbocycles. The van der Waals surface area contributed by atoms with Crippen LogP contribution in [0.25, 0.3) is 0 Å². The molecule has 0 atom stereocenters. The second-order valence-corrected chi connectivity index (χ2v) is 5.65. The Kier molecular flexibility index (Phi) is 4.44. The number of para-hydroxylation sites is 1. The Morgan fingerprint density at radius 2 is 1.78 bits per heavy atom. The molecule has 2 aromatic carbocycles. The molecule has 27 heavy (non-hydrogen) atoms. The second kappa shape index (κ2) is 7.20. The summed E-state index contributed by atoms with van der Waals surface area (Å²) in [4.78, 5) is 12.4. The van der Waals surface area contributed by atoms with Crippen LogP contribution in [0.15, 0.2) is 54.6 Å². The molecule has 0 unspecified atom stereocenters. The van der Waals surface area contributed by atoms with Crippen LogP contribution in [-0.2, 0) is 0 Å². The van der Waals surface area contributed by atoms with Gasteiger partial charge in [0.25, 0.3) is 5.91 Å². The molecule has 0 saturated heterocycles. The number of rotatable bonds is 5. The number of nitrogens with zero attached hydrogens (tertiary/aromatic N) is 2. The molecule has 1 amide bonds. The number of fused-ring (bicyclic) bond motifs is 1. The Balaban J connectivity index is 1.44. The largest absolute Gasteiger partial charge is 0.496 e. The van der Waals surface area contributed by atoms with E-state index in [4.69, 9.17) is 14.2 Å². The first-order valence-electron chi connectivity index (χ1n) is 8.18. The average Bonchev–Trinajstić information content (AvgIpc) is 3.17. The Morgan fingerprint density at radius 3 is 2.59 bits per heavy atom. The van der Waals surface area contributed by atoms with E-state index in [1.807, 2.05) is 18.2 Å². The van der Waals surface area contributed by atoms with Crippen LogP contribution in [-0.4, -0.2) is 30.0 Å². The molecule has 2 heterocycles. The Morgan fingerprint density at radius 1 is 1.00 bits per heavy atom. The molecule has 4 rings (SSSR count). The van der Waals surface area contributed by atoms with Crippen molar-refractivity contribution >= 4 is 23.2 Å². The highest BCUT2D eigenvalue weighted by atomic mass is 16.7. The zero-order valence-corrected chi connectivity index (χ0v) is 14.4. The summed E-state index contributed by atoms with van der Waals surface area (Å²) < 4.78 is 15.8. The van der Waals surface area contributed by atoms with Crippen molar-refractivity contribution in [3.63, 3.8) is 0 Å². The van der Waals surface area contributed by atoms with Gasteiger partial charge in [-0.15, -0.1) is 10.2 Å². The summed E-state index contributed by atoms with van der Waals surface area (Å²) in [6.07, 6.45) is 0. The topological polar surface area (TPSA) is 94.6 Å². The maximum atomic E-state index is 12.4. The number of amides is 1. The van der Waals surface area contributed by atoms with Crippen LogP contribution in [0.5, 0.6) is 17.2 Å². The third-order valence-corrected chi connectivity index (χ3v) is 3.90. The van der Waals surface area contributed by atoms with Crippen molar-refractivity contribution < 1.29 is 19.0 Å². The quantitative estimate of drug-likeness (QED) is 0.718. The van der Waals surface area contributed by atoms with Gasteiger partial charge in [-0.25, -0.2) is 0 Å². The van der Waals surface area contributed by atoms with E-state index in [1.165, 1.54) is 7.11 Å². The Labute approximate surface area is 155 Å². The van der Waals surface area contributed by atoms with Gasteiger partial charge in [-0.1, -0.05) is 12.1 Å². The fraction of sp³-hybridized carbons (Fsp3) is 0.105. The molecule has 1 aliphatic heterocycles. The van der Waals surface area contributed by atoms with E-state index in [-0.39, 0.29) is 12.7 Å². The van der Waals surface area contributed by atoms with Gasteiger partial charge in [-0.05, 0) is 36.4 Å². The molecule has 1 aromatic heterocycles. The zero-order chi connectivity index (χ0) is 18.6. The van der Waals surface area contributed by atoms with Gasteiger partial charge in [0.15, 0.2) is 23.1 Å². The molecule has 8 nitrogen and oxygen atoms in total. The van der Waals surface area contributed by atoms with Gasteiger partial charge in [-0.3, -0.25) is 4.79 Å². The summed E-state index contributed by atoms with van der Waals surface area (Å²) in [5.41, 5.74) is 1.21. The number of hydrogen-bond donors (Lipinski definition) is 2. The molecule has 0 fully saturated rings. The molecule has 0 spiro atoms. The molecule has 0 bridgehead atoms. The first-order chi connectivity index (χ1) is 13.2. The third kappa shape index (κ3) is 3.59. The molecule has 136 valence electrons. The first-order valence-corrected chi connectivity index (χ1v) is 8.18. The summed E-state index contributed by atoms with van der Waals surface area (Å²) in [6, 6.07) is 15.8. The number of carbonyl (C=O) groups excluding carboxylic acids is 1. The highest BCUT2D eigenvalue weighted by Crippen LogP contribution is 2.34. The van der Waals surface area contributed by atoms with E-state index in [0.717, 1.165) is 5.69 Å². The number of carbonyl (C=O) groups is 1. The molecular weight excluding hydrogens is 348 g/mol. The van der Waals surface area contributed by atoms with Crippen molar-refractivity contribution in [2.75, 3.05) is 24.5 Å². The predicted octanol–water partition coefficient (Wildman–Crippen LogP) is 3.21. The van der Waals surface area contributed by atoms with Crippen LogP contribution in [0.3, 0.4) is 0 Å². The van der Waals surface area contributed by atoms with Crippen LogP contribution < -0.4 is 24.8 Å². The van der Waals surface area contributed by atoms with Crippen LogP contribution in [0.2, 0.25) is 0 Å². The van der Waals surface area contributed by atoms with Crippen LogP contribution in [0.1, 0.15) is 10.4 Å². The van der Waals surface area contributed by atoms with E-state index in [9.17, 15) is 4.79 Å². The molecule has 1 aliphatic rings. The highest BCUT2D eigenvalue weighted by molar-refractivity contribution is 6.05. The third-order valence-electron chi connectivity index (χ3n) is 3.90. The van der Waals surface area contributed by atoms with E-state index in [1.54, 1.807) is 36.4 Å². The standard InChI is InChI=1S/C19H16N4O4/c1-25-14-5-3-2-4-13(14)19(24)21-18-9-8-17(22-23-18)20-12-6-7-15-16(10-12)27-11-26-15/h2-10H,11H2,1H3,(H,20,22)(H,21,23,24). The van der Waals surface area contributed by atoms with Gasteiger partial charge in [0, 0.05) is 11.8 Å². The number of benzene rings is 2. The van der Waals surface area contributed by atoms with Gasteiger partial charge in [0.1, 0.15) is 5.75 Å². The van der Waals surface area contributed by atoms with E-state index in [2.05, 4.69) is 20.8 Å². The van der Waals surface area contributed by atoms with Gasteiger partial charge in [0.05, 0.1) is 12.7 Å². The predicted molar refractivity (Wildman–Crippen MR) is 98.8 cm³/mol. The van der Waals surface area contributed by atoms with Gasteiger partial charge in [0.2, 0.25) is 6.79 Å². The summed E-state index contributed by atoms with van der Waals surface area (Å²) in [6.45, 7) is 0.221. The lowest BCUT2D eigenvalue weighted by molar-refractivity contribution is 0.102. The Bertz CT molecular complexity index is 976. The molecular formula is C19H16N4O4. The summed E-state index contributed by atoms with van der Waals surface area (Å²) in [5.74, 6) is 2.42. The van der Waals surface area contributed by atoms with Crippen molar-refractivity contribution in [3.05, 3.63) is 60.2 Å². The lowest BCUT2D eigenvalue weighted by Crippen LogP contribution is -2.14. The van der Waals surface area contributed by atoms with Crippen LogP contribution >= 0.6 is 0 Å². The fourth-order valence-corrected chi connectivity index (χ4v) is 2.60. The number of aromatic nitrogens is 2. The number of hydrogen-bond acceptors (Lipinski definition) is 7. The molecule has 3 aromatic rings. The SMILES string of the molecule is COc1ccccc1C(=O)Nc1ccc(Nc2ccc3c(c2)OCO3)nn1.